The molecular weight excluding hydrogens is 196 g/mol. The van der Waals surface area contributed by atoms with Gasteiger partial charge in [-0.15, -0.1) is 0 Å². The van der Waals surface area contributed by atoms with E-state index in [-0.39, 0.29) is 11.4 Å². The van der Waals surface area contributed by atoms with E-state index in [1.165, 1.54) is 0 Å². The maximum atomic E-state index is 11.3. The van der Waals surface area contributed by atoms with Gasteiger partial charge in [0, 0.05) is 29.5 Å². The minimum Gasteiger partial charge on any atom is -0.356 e. The van der Waals surface area contributed by atoms with Crippen LogP contribution in [0.15, 0.2) is 0 Å². The van der Waals surface area contributed by atoms with E-state index < -0.39 is 0 Å². The van der Waals surface area contributed by atoms with E-state index in [1.807, 2.05) is 25.6 Å². The quantitative estimate of drug-likeness (QED) is 0.743. The molecule has 3 N–H and O–H groups in total. The monoisotopic (exact) mass is 216 g/mol. The highest BCUT2D eigenvalue weighted by Gasteiger charge is 2.20. The molecule has 1 saturated heterocycles. The first-order valence-electron chi connectivity index (χ1n) is 5.14. The molecular formula is C10H20N2OS. The van der Waals surface area contributed by atoms with Crippen LogP contribution in [-0.4, -0.2) is 29.0 Å². The van der Waals surface area contributed by atoms with Gasteiger partial charge in [0.25, 0.3) is 0 Å². The van der Waals surface area contributed by atoms with Crippen LogP contribution in [0.25, 0.3) is 0 Å². The third kappa shape index (κ3) is 4.86. The Morgan fingerprint density at radius 3 is 3.00 bits per heavy atom. The second-order valence-corrected chi connectivity index (χ2v) is 5.91. The third-order valence-electron chi connectivity index (χ3n) is 2.13. The normalized spacial score (nSPS) is 24.2. The van der Waals surface area contributed by atoms with Crippen LogP contribution < -0.4 is 11.1 Å². The minimum absolute atomic E-state index is 0.132. The van der Waals surface area contributed by atoms with Gasteiger partial charge in [-0.1, -0.05) is 0 Å². The van der Waals surface area contributed by atoms with Crippen LogP contribution in [0.4, 0.5) is 0 Å². The van der Waals surface area contributed by atoms with Crippen molar-refractivity contribution in [2.75, 3.05) is 12.3 Å². The Balaban J connectivity index is 2.32. The number of thioether (sulfide) groups is 1. The summed E-state index contributed by atoms with van der Waals surface area (Å²) in [7, 11) is 0. The maximum absolute atomic E-state index is 11.3. The van der Waals surface area contributed by atoms with Gasteiger partial charge in [-0.2, -0.15) is 11.8 Å². The second kappa shape index (κ2) is 5.03. The first-order chi connectivity index (χ1) is 6.47. The summed E-state index contributed by atoms with van der Waals surface area (Å²) in [4.78, 5) is 11.3. The summed E-state index contributed by atoms with van der Waals surface area (Å²) in [5.74, 6) is 1.11. The van der Waals surface area contributed by atoms with Gasteiger partial charge in [0.2, 0.25) is 5.91 Å². The summed E-state index contributed by atoms with van der Waals surface area (Å²) in [6.45, 7) is 4.88. The van der Waals surface area contributed by atoms with Gasteiger partial charge in [0.05, 0.1) is 0 Å². The van der Waals surface area contributed by atoms with Crippen LogP contribution in [0.3, 0.4) is 0 Å². The van der Waals surface area contributed by atoms with Crippen molar-refractivity contribution >= 4 is 17.7 Å². The number of nitrogens with one attached hydrogen (secondary N) is 1. The topological polar surface area (TPSA) is 55.1 Å². The fraction of sp³-hybridized carbons (Fsp3) is 0.900. The van der Waals surface area contributed by atoms with Gasteiger partial charge in [0.1, 0.15) is 0 Å². The molecule has 0 saturated carbocycles. The molecule has 1 atom stereocenters. The molecule has 0 aromatic carbocycles. The second-order valence-electron chi connectivity index (χ2n) is 4.62. The molecule has 0 aromatic heterocycles. The van der Waals surface area contributed by atoms with Crippen molar-refractivity contribution in [2.24, 2.45) is 5.73 Å². The Hall–Kier alpha value is -0.220. The number of hydrogen-bond acceptors (Lipinski definition) is 3. The number of carbonyl (C=O) groups excluding carboxylic acids is 1. The fourth-order valence-electron chi connectivity index (χ4n) is 1.41. The van der Waals surface area contributed by atoms with Crippen molar-refractivity contribution in [1.29, 1.82) is 0 Å². The predicted octanol–water partition coefficient (Wildman–Crippen LogP) is 1.13. The van der Waals surface area contributed by atoms with E-state index in [2.05, 4.69) is 5.32 Å². The molecule has 1 aliphatic heterocycles. The van der Waals surface area contributed by atoms with E-state index in [9.17, 15) is 4.79 Å². The highest BCUT2D eigenvalue weighted by Crippen LogP contribution is 2.24. The summed E-state index contributed by atoms with van der Waals surface area (Å²) in [5.41, 5.74) is 5.77. The molecule has 1 unspecified atom stereocenters. The smallest absolute Gasteiger partial charge is 0.221 e. The van der Waals surface area contributed by atoms with Gasteiger partial charge >= 0.3 is 0 Å². The average Bonchev–Trinajstić information content (AvgIpc) is 2.25. The van der Waals surface area contributed by atoms with Crippen molar-refractivity contribution in [3.63, 3.8) is 0 Å². The number of nitrogens with two attached hydrogens (primary N) is 1. The lowest BCUT2D eigenvalue weighted by molar-refractivity contribution is -0.120. The van der Waals surface area contributed by atoms with E-state index in [4.69, 9.17) is 5.73 Å². The Labute approximate surface area is 90.2 Å². The molecule has 1 aliphatic rings. The van der Waals surface area contributed by atoms with Crippen LogP contribution in [0.5, 0.6) is 0 Å². The van der Waals surface area contributed by atoms with Crippen LogP contribution in [0.2, 0.25) is 0 Å². The lowest BCUT2D eigenvalue weighted by atomic mass is 10.1. The molecule has 0 aliphatic carbocycles. The van der Waals surface area contributed by atoms with Gasteiger partial charge < -0.3 is 11.1 Å². The van der Waals surface area contributed by atoms with Crippen LogP contribution in [0, 0.1) is 0 Å². The molecule has 1 heterocycles. The van der Waals surface area contributed by atoms with Crippen LogP contribution in [0.1, 0.15) is 33.1 Å². The van der Waals surface area contributed by atoms with Crippen molar-refractivity contribution < 1.29 is 4.79 Å². The van der Waals surface area contributed by atoms with E-state index in [0.717, 1.165) is 25.1 Å². The maximum Gasteiger partial charge on any atom is 0.221 e. The predicted molar refractivity (Wildman–Crippen MR) is 61.4 cm³/mol. The minimum atomic E-state index is -0.132. The number of carbonyl (C=O) groups is 1. The molecule has 1 amide bonds. The zero-order valence-electron chi connectivity index (χ0n) is 9.01. The summed E-state index contributed by atoms with van der Waals surface area (Å²) < 4.78 is 0. The van der Waals surface area contributed by atoms with Gasteiger partial charge in [-0.05, 0) is 26.7 Å². The molecule has 0 radical (unpaired) electrons. The third-order valence-corrected chi connectivity index (χ3v) is 3.91. The Morgan fingerprint density at radius 2 is 2.36 bits per heavy atom. The molecule has 3 nitrogen and oxygen atoms in total. The molecule has 0 spiro atoms. The lowest BCUT2D eigenvalue weighted by Gasteiger charge is -2.21. The standard InChI is InChI=1S/C10H20N2OS/c1-10(2,11)7-14-8-4-3-5-12-9(13)6-8/h8H,3-7,11H2,1-2H3,(H,12,13). The summed E-state index contributed by atoms with van der Waals surface area (Å²) in [5, 5.41) is 3.35. The van der Waals surface area contributed by atoms with Gasteiger partial charge in [0.15, 0.2) is 0 Å². The summed E-state index contributed by atoms with van der Waals surface area (Å²) in [6.07, 6.45) is 2.87. The SMILES string of the molecule is CC(C)(N)CSC1CCCNC(=O)C1. The average molecular weight is 216 g/mol. The first-order valence-corrected chi connectivity index (χ1v) is 6.19. The molecule has 0 bridgehead atoms. The van der Waals surface area contributed by atoms with Crippen molar-refractivity contribution in [2.45, 2.75) is 43.9 Å². The Morgan fingerprint density at radius 1 is 1.64 bits per heavy atom. The lowest BCUT2D eigenvalue weighted by Crippen LogP contribution is -2.35. The summed E-state index contributed by atoms with van der Waals surface area (Å²) >= 11 is 1.84. The number of hydrogen-bond donors (Lipinski definition) is 2. The first kappa shape index (κ1) is 11.9. The number of amides is 1. The molecule has 14 heavy (non-hydrogen) atoms. The van der Waals surface area contributed by atoms with Crippen molar-refractivity contribution in [3.05, 3.63) is 0 Å². The Bertz CT molecular complexity index is 201. The zero-order chi connectivity index (χ0) is 10.6. The molecule has 82 valence electrons. The molecule has 4 heteroatoms. The summed E-state index contributed by atoms with van der Waals surface area (Å²) in [6, 6.07) is 0. The largest absolute Gasteiger partial charge is 0.356 e. The van der Waals surface area contributed by atoms with Crippen molar-refractivity contribution in [1.82, 2.24) is 5.32 Å². The highest BCUT2D eigenvalue weighted by atomic mass is 32.2. The van der Waals surface area contributed by atoms with Gasteiger partial charge in [-0.3, -0.25) is 4.79 Å². The van der Waals surface area contributed by atoms with Crippen LogP contribution in [-0.2, 0) is 4.79 Å². The van der Waals surface area contributed by atoms with Crippen LogP contribution >= 0.6 is 11.8 Å². The number of rotatable bonds is 3. The fourth-order valence-corrected chi connectivity index (χ4v) is 2.68. The van der Waals surface area contributed by atoms with E-state index in [0.29, 0.717) is 11.7 Å². The van der Waals surface area contributed by atoms with Gasteiger partial charge in [-0.25, -0.2) is 0 Å². The van der Waals surface area contributed by atoms with Crippen molar-refractivity contribution in [3.8, 4) is 0 Å². The molecule has 1 fully saturated rings. The zero-order valence-corrected chi connectivity index (χ0v) is 9.82. The van der Waals surface area contributed by atoms with E-state index >= 15 is 0 Å². The molecule has 0 aromatic rings. The van der Waals surface area contributed by atoms with E-state index in [1.54, 1.807) is 0 Å². The highest BCUT2D eigenvalue weighted by molar-refractivity contribution is 8.00. The Kier molecular flexibility index (Phi) is 4.26. The molecule has 1 rings (SSSR count).